The van der Waals surface area contributed by atoms with Crippen LogP contribution in [0.15, 0.2) is 0 Å². The Balaban J connectivity index is 2.04. The average molecular weight is 253 g/mol. The van der Waals surface area contributed by atoms with E-state index >= 15 is 0 Å². The maximum atomic E-state index is 12.1. The fourth-order valence-electron chi connectivity index (χ4n) is 3.68. The van der Waals surface area contributed by atoms with E-state index in [2.05, 4.69) is 4.90 Å². The van der Waals surface area contributed by atoms with Gasteiger partial charge in [0.15, 0.2) is 0 Å². The first kappa shape index (κ1) is 13.9. The summed E-state index contributed by atoms with van der Waals surface area (Å²) in [6.07, 6.45) is 13.5. The van der Waals surface area contributed by atoms with Gasteiger partial charge in [-0.15, -0.1) is 0 Å². The molecule has 0 aromatic heterocycles. The van der Waals surface area contributed by atoms with Gasteiger partial charge in [-0.1, -0.05) is 44.9 Å². The second kappa shape index (κ2) is 7.13. The van der Waals surface area contributed by atoms with Crippen LogP contribution in [-0.2, 0) is 4.79 Å². The summed E-state index contributed by atoms with van der Waals surface area (Å²) in [5.41, 5.74) is 0. The van der Waals surface area contributed by atoms with Gasteiger partial charge in [-0.25, -0.2) is 0 Å². The lowest BCUT2D eigenvalue weighted by atomic mass is 9.91. The summed E-state index contributed by atoms with van der Waals surface area (Å²) in [5, 5.41) is 9.25. The normalized spacial score (nSPS) is 23.6. The number of rotatable bonds is 3. The summed E-state index contributed by atoms with van der Waals surface area (Å²) in [4.78, 5) is 14.2. The molecular weight excluding hydrogens is 226 g/mol. The van der Waals surface area contributed by atoms with Crippen LogP contribution in [0.5, 0.6) is 0 Å². The maximum Gasteiger partial charge on any atom is 0.248 e. The average Bonchev–Trinajstić information content (AvgIpc) is 2.69. The molecule has 0 unspecified atom stereocenters. The molecule has 3 nitrogen and oxygen atoms in total. The molecule has 0 heterocycles. The molecule has 3 heteroatoms. The summed E-state index contributed by atoms with van der Waals surface area (Å²) in [6, 6.07) is 0.803. The summed E-state index contributed by atoms with van der Waals surface area (Å²) in [7, 11) is 0. The van der Waals surface area contributed by atoms with Crippen molar-refractivity contribution < 1.29 is 9.90 Å². The van der Waals surface area contributed by atoms with E-state index in [4.69, 9.17) is 0 Å². The Bertz CT molecular complexity index is 253. The van der Waals surface area contributed by atoms with Gasteiger partial charge in [0.05, 0.1) is 0 Å². The highest BCUT2D eigenvalue weighted by Crippen LogP contribution is 2.29. The van der Waals surface area contributed by atoms with Gasteiger partial charge in [0.25, 0.3) is 0 Å². The van der Waals surface area contributed by atoms with E-state index < -0.39 is 0 Å². The maximum absolute atomic E-state index is 12.1. The number of aliphatic hydroxyl groups is 1. The van der Waals surface area contributed by atoms with E-state index in [9.17, 15) is 9.90 Å². The van der Waals surface area contributed by atoms with Crippen LogP contribution in [0, 0.1) is 0 Å². The van der Waals surface area contributed by atoms with Crippen LogP contribution < -0.4 is 0 Å². The molecule has 0 aromatic rings. The Hall–Kier alpha value is -0.570. The van der Waals surface area contributed by atoms with E-state index in [1.54, 1.807) is 0 Å². The van der Waals surface area contributed by atoms with Gasteiger partial charge in [0.2, 0.25) is 5.91 Å². The van der Waals surface area contributed by atoms with Crippen molar-refractivity contribution >= 4 is 5.91 Å². The van der Waals surface area contributed by atoms with Gasteiger partial charge in [-0.05, 0) is 25.7 Å². The van der Waals surface area contributed by atoms with Crippen LogP contribution in [0.2, 0.25) is 0 Å². The molecule has 1 amide bonds. The number of hydrogen-bond donors (Lipinski definition) is 1. The minimum absolute atomic E-state index is 0.0335. The molecule has 104 valence electrons. The number of nitrogens with zero attached hydrogens (tertiary/aromatic N) is 1. The van der Waals surface area contributed by atoms with Gasteiger partial charge in [0.1, 0.15) is 6.61 Å². The fourth-order valence-corrected chi connectivity index (χ4v) is 3.68. The van der Waals surface area contributed by atoms with E-state index in [1.807, 2.05) is 0 Å². The van der Waals surface area contributed by atoms with Crippen LogP contribution >= 0.6 is 0 Å². The second-order valence-electron chi connectivity index (χ2n) is 5.90. The van der Waals surface area contributed by atoms with Crippen LogP contribution in [-0.4, -0.2) is 34.6 Å². The summed E-state index contributed by atoms with van der Waals surface area (Å²) in [5.74, 6) is -0.0335. The van der Waals surface area contributed by atoms with E-state index in [0.29, 0.717) is 12.1 Å². The number of hydrogen-bond acceptors (Lipinski definition) is 2. The van der Waals surface area contributed by atoms with Crippen molar-refractivity contribution in [1.82, 2.24) is 4.90 Å². The van der Waals surface area contributed by atoms with Crippen molar-refractivity contribution in [2.45, 2.75) is 82.7 Å². The highest BCUT2D eigenvalue weighted by atomic mass is 16.3. The SMILES string of the molecule is O=C(CO)N(C1CCCCCC1)C1CCCCC1. The molecule has 18 heavy (non-hydrogen) atoms. The Morgan fingerprint density at radius 2 is 1.22 bits per heavy atom. The molecule has 1 N–H and O–H groups in total. The Morgan fingerprint density at radius 1 is 0.833 bits per heavy atom. The molecule has 2 aliphatic carbocycles. The number of amides is 1. The van der Waals surface area contributed by atoms with E-state index in [0.717, 1.165) is 25.7 Å². The van der Waals surface area contributed by atoms with Crippen molar-refractivity contribution in [3.63, 3.8) is 0 Å². The highest BCUT2D eigenvalue weighted by Gasteiger charge is 2.31. The lowest BCUT2D eigenvalue weighted by Gasteiger charge is -2.39. The summed E-state index contributed by atoms with van der Waals surface area (Å²) in [6.45, 7) is -0.312. The Kier molecular flexibility index (Phi) is 5.48. The van der Waals surface area contributed by atoms with Gasteiger partial charge in [0, 0.05) is 12.1 Å². The Morgan fingerprint density at radius 3 is 1.61 bits per heavy atom. The lowest BCUT2D eigenvalue weighted by molar-refractivity contribution is -0.140. The van der Waals surface area contributed by atoms with Crippen molar-refractivity contribution in [3.05, 3.63) is 0 Å². The standard InChI is InChI=1S/C15H27NO2/c17-12-15(18)16(14-10-6-3-7-11-14)13-8-4-1-2-5-9-13/h13-14,17H,1-12H2. The predicted octanol–water partition coefficient (Wildman–Crippen LogP) is 2.86. The minimum atomic E-state index is -0.312. The molecule has 0 radical (unpaired) electrons. The van der Waals surface area contributed by atoms with Crippen molar-refractivity contribution in [1.29, 1.82) is 0 Å². The Labute approximate surface area is 111 Å². The molecule has 2 rings (SSSR count). The summed E-state index contributed by atoms with van der Waals surface area (Å²) < 4.78 is 0. The van der Waals surface area contributed by atoms with Crippen molar-refractivity contribution in [2.24, 2.45) is 0 Å². The topological polar surface area (TPSA) is 40.5 Å². The number of aliphatic hydroxyl groups excluding tert-OH is 1. The molecule has 2 aliphatic rings. The zero-order chi connectivity index (χ0) is 12.8. The molecule has 0 aromatic carbocycles. The molecule has 0 aliphatic heterocycles. The third kappa shape index (κ3) is 3.47. The molecular formula is C15H27NO2. The molecule has 0 bridgehead atoms. The van der Waals surface area contributed by atoms with E-state index in [-0.39, 0.29) is 12.5 Å². The first-order valence-electron chi connectivity index (χ1n) is 7.75. The van der Waals surface area contributed by atoms with Gasteiger partial charge in [-0.3, -0.25) is 4.79 Å². The zero-order valence-electron chi connectivity index (χ0n) is 11.4. The van der Waals surface area contributed by atoms with Gasteiger partial charge < -0.3 is 10.0 Å². The molecule has 0 atom stereocenters. The third-order valence-corrected chi connectivity index (χ3v) is 4.61. The predicted molar refractivity (Wildman–Crippen MR) is 72.3 cm³/mol. The minimum Gasteiger partial charge on any atom is -0.387 e. The first-order chi connectivity index (χ1) is 8.83. The molecule has 0 saturated heterocycles. The van der Waals surface area contributed by atoms with Crippen LogP contribution in [0.25, 0.3) is 0 Å². The van der Waals surface area contributed by atoms with Crippen LogP contribution in [0.4, 0.5) is 0 Å². The lowest BCUT2D eigenvalue weighted by Crippen LogP contribution is -2.49. The fraction of sp³-hybridized carbons (Fsp3) is 0.933. The van der Waals surface area contributed by atoms with Crippen LogP contribution in [0.3, 0.4) is 0 Å². The first-order valence-corrected chi connectivity index (χ1v) is 7.75. The molecule has 2 saturated carbocycles. The van der Waals surface area contributed by atoms with Crippen molar-refractivity contribution in [3.8, 4) is 0 Å². The molecule has 0 spiro atoms. The number of carbonyl (C=O) groups excluding carboxylic acids is 1. The largest absolute Gasteiger partial charge is 0.387 e. The summed E-state index contributed by atoms with van der Waals surface area (Å²) >= 11 is 0. The number of carbonyl (C=O) groups is 1. The molecule has 2 fully saturated rings. The van der Waals surface area contributed by atoms with E-state index in [1.165, 1.54) is 44.9 Å². The zero-order valence-corrected chi connectivity index (χ0v) is 11.4. The highest BCUT2D eigenvalue weighted by molar-refractivity contribution is 5.77. The monoisotopic (exact) mass is 253 g/mol. The third-order valence-electron chi connectivity index (χ3n) is 4.61. The quantitative estimate of drug-likeness (QED) is 0.786. The van der Waals surface area contributed by atoms with Crippen LogP contribution in [0.1, 0.15) is 70.6 Å². The van der Waals surface area contributed by atoms with Gasteiger partial charge >= 0.3 is 0 Å². The van der Waals surface area contributed by atoms with Gasteiger partial charge in [-0.2, -0.15) is 0 Å². The second-order valence-corrected chi connectivity index (χ2v) is 5.90. The van der Waals surface area contributed by atoms with Crippen molar-refractivity contribution in [2.75, 3.05) is 6.61 Å². The smallest absolute Gasteiger partial charge is 0.248 e.